The molecule has 0 saturated heterocycles. The lowest BCUT2D eigenvalue weighted by molar-refractivity contribution is 0.516. The van der Waals surface area contributed by atoms with E-state index in [4.69, 9.17) is 0 Å². The summed E-state index contributed by atoms with van der Waals surface area (Å²) in [7, 11) is 0.417. The highest BCUT2D eigenvalue weighted by atomic mass is 32.2. The van der Waals surface area contributed by atoms with Gasteiger partial charge in [-0.05, 0) is 36.8 Å². The average molecular weight is 535 g/mol. The number of thiazole rings is 1. The molecule has 36 heavy (non-hydrogen) atoms. The van der Waals surface area contributed by atoms with Crippen molar-refractivity contribution in [1.82, 2.24) is 15.0 Å². The van der Waals surface area contributed by atoms with Gasteiger partial charge in [0.15, 0.2) is 15.8 Å². The summed E-state index contributed by atoms with van der Waals surface area (Å²) in [6.45, 7) is 1.30. The number of rotatable bonds is 7. The fourth-order valence-corrected chi connectivity index (χ4v) is 5.57. The number of benzene rings is 2. The molecule has 0 fully saturated rings. The molecule has 0 unspecified atom stereocenters. The van der Waals surface area contributed by atoms with Gasteiger partial charge in [0.2, 0.25) is 5.95 Å². The van der Waals surface area contributed by atoms with Gasteiger partial charge >= 0.3 is 0 Å². The van der Waals surface area contributed by atoms with E-state index in [9.17, 15) is 17.2 Å². The van der Waals surface area contributed by atoms with Crippen LogP contribution in [0.15, 0.2) is 47.5 Å². The zero-order valence-corrected chi connectivity index (χ0v) is 21.2. The molecule has 0 aliphatic heterocycles. The maximum atomic E-state index is 15.7. The molecular weight excluding hydrogens is 513 g/mol. The Morgan fingerprint density at radius 2 is 1.75 bits per heavy atom. The molecule has 8 nitrogen and oxygen atoms in total. The van der Waals surface area contributed by atoms with Crippen molar-refractivity contribution >= 4 is 38.1 Å². The molecule has 0 aliphatic carbocycles. The summed E-state index contributed by atoms with van der Waals surface area (Å²) < 4.78 is 72.2. The van der Waals surface area contributed by atoms with Crippen LogP contribution in [0.4, 0.5) is 29.9 Å². The third kappa shape index (κ3) is 4.71. The molecule has 188 valence electrons. The Balaban J connectivity index is 1.84. The maximum Gasteiger partial charge on any atom is 0.267 e. The van der Waals surface area contributed by atoms with E-state index in [1.54, 1.807) is 38.3 Å². The molecule has 4 rings (SSSR count). The summed E-state index contributed by atoms with van der Waals surface area (Å²) in [6, 6.07) is 7.60. The summed E-state index contributed by atoms with van der Waals surface area (Å²) in [6.07, 6.45) is 1.54. The molecule has 0 saturated carbocycles. The van der Waals surface area contributed by atoms with Gasteiger partial charge in [-0.15, -0.1) is 0 Å². The van der Waals surface area contributed by atoms with Crippen LogP contribution in [0.25, 0.3) is 21.8 Å². The summed E-state index contributed by atoms with van der Waals surface area (Å²) >= 11 is 1.26. The smallest absolute Gasteiger partial charge is 0.267 e. The molecule has 2 aromatic carbocycles. The van der Waals surface area contributed by atoms with E-state index in [0.29, 0.717) is 21.7 Å². The van der Waals surface area contributed by atoms with E-state index in [2.05, 4.69) is 20.3 Å². The molecular formula is C23H21F3N6O2S2. The van der Waals surface area contributed by atoms with Gasteiger partial charge in [0, 0.05) is 32.9 Å². The molecule has 2 heterocycles. The van der Waals surface area contributed by atoms with Crippen LogP contribution in [0, 0.1) is 24.4 Å². The number of halogens is 3. The number of nitrogens with zero attached hydrogens (tertiary/aromatic N) is 4. The van der Waals surface area contributed by atoms with Crippen LogP contribution < -0.4 is 14.9 Å². The molecule has 0 amide bonds. The lowest BCUT2D eigenvalue weighted by atomic mass is 10.1. The lowest BCUT2D eigenvalue weighted by Crippen LogP contribution is -2.18. The van der Waals surface area contributed by atoms with Crippen molar-refractivity contribution in [2.45, 2.75) is 11.8 Å². The zero-order chi connectivity index (χ0) is 26.2. The Morgan fingerprint density at radius 1 is 1.00 bits per heavy atom. The zero-order valence-electron chi connectivity index (χ0n) is 19.6. The van der Waals surface area contributed by atoms with Gasteiger partial charge in [-0.2, -0.15) is 0 Å². The van der Waals surface area contributed by atoms with Crippen molar-refractivity contribution in [3.8, 4) is 21.8 Å². The maximum absolute atomic E-state index is 15.7. The molecule has 0 aliphatic rings. The van der Waals surface area contributed by atoms with Gasteiger partial charge in [0.05, 0.1) is 22.0 Å². The monoisotopic (exact) mass is 534 g/mol. The van der Waals surface area contributed by atoms with Crippen LogP contribution in [0.2, 0.25) is 0 Å². The van der Waals surface area contributed by atoms with E-state index in [-0.39, 0.29) is 16.8 Å². The van der Waals surface area contributed by atoms with Crippen LogP contribution >= 0.6 is 11.3 Å². The first-order chi connectivity index (χ1) is 17.0. The van der Waals surface area contributed by atoms with E-state index < -0.39 is 38.1 Å². The normalized spacial score (nSPS) is 11.4. The largest absolute Gasteiger partial charge is 0.357 e. The highest BCUT2D eigenvalue weighted by Crippen LogP contribution is 2.41. The van der Waals surface area contributed by atoms with Gasteiger partial charge in [0.1, 0.15) is 11.6 Å². The van der Waals surface area contributed by atoms with Crippen LogP contribution in [-0.4, -0.2) is 44.5 Å². The second-order valence-electron chi connectivity index (χ2n) is 7.86. The first-order valence-electron chi connectivity index (χ1n) is 10.5. The summed E-state index contributed by atoms with van der Waals surface area (Å²) in [5.41, 5.74) is 0.112. The minimum atomic E-state index is -4.79. The Kier molecular flexibility index (Phi) is 6.87. The predicted octanol–water partition coefficient (Wildman–Crippen LogP) is 4.90. The number of aromatic nitrogens is 3. The second kappa shape index (κ2) is 9.74. The number of anilines is 3. The van der Waals surface area contributed by atoms with Crippen molar-refractivity contribution in [3.63, 3.8) is 0 Å². The van der Waals surface area contributed by atoms with Gasteiger partial charge in [-0.25, -0.2) is 36.5 Å². The fraction of sp³-hybridized carbons (Fsp3) is 0.174. The van der Waals surface area contributed by atoms with Crippen LogP contribution in [0.3, 0.4) is 0 Å². The molecule has 0 atom stereocenters. The number of hydrogen-bond acceptors (Lipinski definition) is 8. The summed E-state index contributed by atoms with van der Waals surface area (Å²) in [4.78, 5) is 14.1. The predicted molar refractivity (Wildman–Crippen MR) is 134 cm³/mol. The second-order valence-corrected chi connectivity index (χ2v) is 10.5. The van der Waals surface area contributed by atoms with Crippen LogP contribution in [0.1, 0.15) is 5.56 Å². The van der Waals surface area contributed by atoms with Crippen molar-refractivity contribution in [2.24, 2.45) is 0 Å². The van der Waals surface area contributed by atoms with E-state index >= 15 is 4.39 Å². The summed E-state index contributed by atoms with van der Waals surface area (Å²) in [5.74, 6) is -3.15. The van der Waals surface area contributed by atoms with Gasteiger partial charge in [0.25, 0.3) is 10.0 Å². The van der Waals surface area contributed by atoms with Crippen molar-refractivity contribution < 1.29 is 21.6 Å². The van der Waals surface area contributed by atoms with Crippen LogP contribution in [-0.2, 0) is 10.0 Å². The first kappa shape index (κ1) is 25.4. The average Bonchev–Trinajstić information content (AvgIpc) is 3.28. The molecule has 4 aromatic rings. The standard InChI is InChI=1S/C23H21F3N6O2S2/c1-12-8-9-14(24)21(17(12)25)36(33,34)31-15-7-5-6-13(18(15)26)19-20(35-23(30-19)32(3)4)16-10-11-28-22(27-2)29-16/h5-11,31H,1-4H3,(H,27,28,29). The first-order valence-corrected chi connectivity index (χ1v) is 12.8. The van der Waals surface area contributed by atoms with E-state index in [1.807, 2.05) is 4.72 Å². The van der Waals surface area contributed by atoms with Gasteiger partial charge in [-0.3, -0.25) is 4.72 Å². The number of hydrogen-bond donors (Lipinski definition) is 2. The molecule has 0 bridgehead atoms. The highest BCUT2D eigenvalue weighted by molar-refractivity contribution is 7.92. The Hall–Kier alpha value is -3.71. The Morgan fingerprint density at radius 3 is 2.44 bits per heavy atom. The van der Waals surface area contributed by atoms with Gasteiger partial charge < -0.3 is 10.2 Å². The minimum Gasteiger partial charge on any atom is -0.357 e. The van der Waals surface area contributed by atoms with E-state index in [0.717, 1.165) is 18.2 Å². The topological polar surface area (TPSA) is 100 Å². The Labute approximate surface area is 209 Å². The lowest BCUT2D eigenvalue weighted by Gasteiger charge is -2.13. The number of nitrogens with one attached hydrogen (secondary N) is 2. The van der Waals surface area contributed by atoms with Crippen LogP contribution in [0.5, 0.6) is 0 Å². The molecule has 2 N–H and O–H groups in total. The van der Waals surface area contributed by atoms with Gasteiger partial charge in [-0.1, -0.05) is 23.5 Å². The molecule has 0 radical (unpaired) electrons. The highest BCUT2D eigenvalue weighted by Gasteiger charge is 2.28. The number of sulfonamides is 1. The molecule has 13 heteroatoms. The van der Waals surface area contributed by atoms with E-state index in [1.165, 1.54) is 30.4 Å². The third-order valence-corrected chi connectivity index (χ3v) is 7.77. The van der Waals surface area contributed by atoms with Crippen molar-refractivity contribution in [3.05, 3.63) is 65.6 Å². The number of aryl methyl sites for hydroxylation is 1. The third-order valence-electron chi connectivity index (χ3n) is 5.12. The fourth-order valence-electron chi connectivity index (χ4n) is 3.33. The SMILES string of the molecule is CNc1nccc(-c2sc(N(C)C)nc2-c2cccc(NS(=O)(=O)c3c(F)ccc(C)c3F)c2F)n1. The molecule has 0 spiro atoms. The van der Waals surface area contributed by atoms with Crippen molar-refractivity contribution in [2.75, 3.05) is 36.1 Å². The summed E-state index contributed by atoms with van der Waals surface area (Å²) in [5, 5.41) is 3.39. The van der Waals surface area contributed by atoms with Crippen molar-refractivity contribution in [1.29, 1.82) is 0 Å². The Bertz CT molecular complexity index is 1560. The quantitative estimate of drug-likeness (QED) is 0.348. The molecule has 2 aromatic heterocycles. The minimum absolute atomic E-state index is 0.0237.